The Morgan fingerprint density at radius 3 is 2.79 bits per heavy atom. The Bertz CT molecular complexity index is 320. The van der Waals surface area contributed by atoms with E-state index in [1.165, 1.54) is 11.3 Å². The summed E-state index contributed by atoms with van der Waals surface area (Å²) in [6.45, 7) is 5.20. The van der Waals surface area contributed by atoms with Crippen LogP contribution in [0.2, 0.25) is 0 Å². The van der Waals surface area contributed by atoms with Gasteiger partial charge in [-0.2, -0.15) is 0 Å². The molecule has 0 spiro atoms. The molecule has 2 N–H and O–H groups in total. The SMILES string of the molecule is CC(C)N1c2ccccc2CC1CN. The maximum atomic E-state index is 5.80. The molecule has 1 aliphatic rings. The van der Waals surface area contributed by atoms with Crippen molar-refractivity contribution in [3.8, 4) is 0 Å². The highest BCUT2D eigenvalue weighted by atomic mass is 15.2. The second-order valence-electron chi connectivity index (χ2n) is 4.22. The normalized spacial score (nSPS) is 20.3. The lowest BCUT2D eigenvalue weighted by atomic mass is 10.1. The lowest BCUT2D eigenvalue weighted by Crippen LogP contribution is -2.42. The number of nitrogens with zero attached hydrogens (tertiary/aromatic N) is 1. The molecule has 0 aromatic heterocycles. The average Bonchev–Trinajstić information content (AvgIpc) is 2.55. The lowest BCUT2D eigenvalue weighted by molar-refractivity contribution is 0.576. The number of para-hydroxylation sites is 1. The van der Waals surface area contributed by atoms with E-state index in [1.807, 2.05) is 0 Å². The van der Waals surface area contributed by atoms with E-state index >= 15 is 0 Å². The number of hydrogen-bond donors (Lipinski definition) is 1. The summed E-state index contributed by atoms with van der Waals surface area (Å²) in [7, 11) is 0. The lowest BCUT2D eigenvalue weighted by Gasteiger charge is -2.30. The standard InChI is InChI=1S/C12H18N2/c1-9(2)14-11(8-13)7-10-5-3-4-6-12(10)14/h3-6,9,11H,7-8,13H2,1-2H3. The molecule has 0 amide bonds. The zero-order chi connectivity index (χ0) is 10.1. The van der Waals surface area contributed by atoms with Crippen molar-refractivity contribution in [2.45, 2.75) is 32.4 Å². The summed E-state index contributed by atoms with van der Waals surface area (Å²) < 4.78 is 0. The molecule has 0 radical (unpaired) electrons. The molecule has 2 heteroatoms. The molecule has 1 aromatic carbocycles. The predicted molar refractivity (Wildman–Crippen MR) is 60.6 cm³/mol. The first kappa shape index (κ1) is 9.53. The largest absolute Gasteiger partial charge is 0.364 e. The van der Waals surface area contributed by atoms with Gasteiger partial charge in [0.15, 0.2) is 0 Å². The molecule has 2 rings (SSSR count). The highest BCUT2D eigenvalue weighted by molar-refractivity contribution is 5.60. The summed E-state index contributed by atoms with van der Waals surface area (Å²) in [5.74, 6) is 0. The van der Waals surface area contributed by atoms with Gasteiger partial charge in [-0.3, -0.25) is 0 Å². The first-order valence-electron chi connectivity index (χ1n) is 5.30. The average molecular weight is 190 g/mol. The fourth-order valence-electron chi connectivity index (χ4n) is 2.38. The highest BCUT2D eigenvalue weighted by Gasteiger charge is 2.29. The van der Waals surface area contributed by atoms with E-state index in [4.69, 9.17) is 5.73 Å². The van der Waals surface area contributed by atoms with E-state index in [0.717, 1.165) is 13.0 Å². The number of rotatable bonds is 2. The molecular formula is C12H18N2. The molecule has 1 aliphatic heterocycles. The van der Waals surface area contributed by atoms with E-state index in [9.17, 15) is 0 Å². The Kier molecular flexibility index (Phi) is 2.46. The molecule has 76 valence electrons. The predicted octanol–water partition coefficient (Wildman–Crippen LogP) is 1.78. The molecule has 0 bridgehead atoms. The van der Waals surface area contributed by atoms with Crippen LogP contribution in [0, 0.1) is 0 Å². The summed E-state index contributed by atoms with van der Waals surface area (Å²) in [6.07, 6.45) is 1.10. The van der Waals surface area contributed by atoms with Crippen LogP contribution in [0.25, 0.3) is 0 Å². The van der Waals surface area contributed by atoms with Gasteiger partial charge in [-0.05, 0) is 31.9 Å². The number of hydrogen-bond acceptors (Lipinski definition) is 2. The van der Waals surface area contributed by atoms with E-state index in [0.29, 0.717) is 12.1 Å². The number of nitrogens with two attached hydrogens (primary N) is 1. The quantitative estimate of drug-likeness (QED) is 0.770. The minimum absolute atomic E-state index is 0.493. The van der Waals surface area contributed by atoms with Gasteiger partial charge in [-0.25, -0.2) is 0 Å². The minimum atomic E-state index is 0.493. The van der Waals surface area contributed by atoms with Crippen LogP contribution in [-0.2, 0) is 6.42 Å². The fourth-order valence-corrected chi connectivity index (χ4v) is 2.38. The maximum absolute atomic E-state index is 5.80. The van der Waals surface area contributed by atoms with Gasteiger partial charge in [-0.1, -0.05) is 18.2 Å². The smallest absolute Gasteiger partial charge is 0.0456 e. The Balaban J connectivity index is 2.37. The number of fused-ring (bicyclic) bond motifs is 1. The third-order valence-electron chi connectivity index (χ3n) is 2.95. The van der Waals surface area contributed by atoms with E-state index in [1.54, 1.807) is 0 Å². The van der Waals surface area contributed by atoms with Gasteiger partial charge < -0.3 is 10.6 Å². The van der Waals surface area contributed by atoms with Crippen LogP contribution >= 0.6 is 0 Å². The second kappa shape index (κ2) is 3.62. The molecule has 0 saturated heterocycles. The number of anilines is 1. The van der Waals surface area contributed by atoms with Crippen LogP contribution < -0.4 is 10.6 Å². The van der Waals surface area contributed by atoms with E-state index < -0.39 is 0 Å². The van der Waals surface area contributed by atoms with Crippen LogP contribution in [0.5, 0.6) is 0 Å². The maximum Gasteiger partial charge on any atom is 0.0456 e. The zero-order valence-electron chi connectivity index (χ0n) is 8.90. The fraction of sp³-hybridized carbons (Fsp3) is 0.500. The van der Waals surface area contributed by atoms with Gasteiger partial charge in [0.2, 0.25) is 0 Å². The Hall–Kier alpha value is -1.02. The van der Waals surface area contributed by atoms with Crippen LogP contribution in [0.15, 0.2) is 24.3 Å². The van der Waals surface area contributed by atoms with Crippen molar-refractivity contribution in [3.05, 3.63) is 29.8 Å². The second-order valence-corrected chi connectivity index (χ2v) is 4.22. The Morgan fingerprint density at radius 2 is 2.14 bits per heavy atom. The van der Waals surface area contributed by atoms with Gasteiger partial charge in [-0.15, -0.1) is 0 Å². The first-order valence-corrected chi connectivity index (χ1v) is 5.30. The molecule has 0 aliphatic carbocycles. The van der Waals surface area contributed by atoms with Gasteiger partial charge in [0.05, 0.1) is 0 Å². The Labute approximate surface area is 85.7 Å². The summed E-state index contributed by atoms with van der Waals surface area (Å²) >= 11 is 0. The molecule has 0 saturated carbocycles. The van der Waals surface area contributed by atoms with E-state index in [-0.39, 0.29) is 0 Å². The minimum Gasteiger partial charge on any atom is -0.364 e. The van der Waals surface area contributed by atoms with E-state index in [2.05, 4.69) is 43.0 Å². The van der Waals surface area contributed by atoms with Crippen LogP contribution in [-0.4, -0.2) is 18.6 Å². The third-order valence-corrected chi connectivity index (χ3v) is 2.95. The van der Waals surface area contributed by atoms with Crippen LogP contribution in [0.3, 0.4) is 0 Å². The summed E-state index contributed by atoms with van der Waals surface area (Å²) in [4.78, 5) is 2.44. The zero-order valence-corrected chi connectivity index (χ0v) is 8.90. The summed E-state index contributed by atoms with van der Waals surface area (Å²) in [5.41, 5.74) is 8.61. The van der Waals surface area contributed by atoms with Crippen molar-refractivity contribution in [1.29, 1.82) is 0 Å². The van der Waals surface area contributed by atoms with Gasteiger partial charge in [0.25, 0.3) is 0 Å². The molecular weight excluding hydrogens is 172 g/mol. The molecule has 1 aromatic rings. The van der Waals surface area contributed by atoms with Crippen LogP contribution in [0.1, 0.15) is 19.4 Å². The van der Waals surface area contributed by atoms with Crippen LogP contribution in [0.4, 0.5) is 5.69 Å². The van der Waals surface area contributed by atoms with Gasteiger partial charge in [0.1, 0.15) is 0 Å². The van der Waals surface area contributed by atoms with Gasteiger partial charge in [0, 0.05) is 24.3 Å². The Morgan fingerprint density at radius 1 is 1.43 bits per heavy atom. The van der Waals surface area contributed by atoms with Crippen molar-refractivity contribution in [1.82, 2.24) is 0 Å². The first-order chi connectivity index (χ1) is 6.74. The summed E-state index contributed by atoms with van der Waals surface area (Å²) in [6, 6.07) is 9.65. The van der Waals surface area contributed by atoms with Crippen molar-refractivity contribution in [3.63, 3.8) is 0 Å². The monoisotopic (exact) mass is 190 g/mol. The highest BCUT2D eigenvalue weighted by Crippen LogP contribution is 2.32. The molecule has 1 unspecified atom stereocenters. The third kappa shape index (κ3) is 1.40. The van der Waals surface area contributed by atoms with Crippen molar-refractivity contribution < 1.29 is 0 Å². The van der Waals surface area contributed by atoms with Crippen molar-refractivity contribution in [2.75, 3.05) is 11.4 Å². The summed E-state index contributed by atoms with van der Waals surface area (Å²) in [5, 5.41) is 0. The van der Waals surface area contributed by atoms with Crippen molar-refractivity contribution in [2.24, 2.45) is 5.73 Å². The van der Waals surface area contributed by atoms with Gasteiger partial charge >= 0.3 is 0 Å². The molecule has 14 heavy (non-hydrogen) atoms. The molecule has 2 nitrogen and oxygen atoms in total. The number of benzene rings is 1. The van der Waals surface area contributed by atoms with Crippen molar-refractivity contribution >= 4 is 5.69 Å². The topological polar surface area (TPSA) is 29.3 Å². The molecule has 1 atom stereocenters. The molecule has 1 heterocycles. The molecule has 0 fully saturated rings.